The summed E-state index contributed by atoms with van der Waals surface area (Å²) in [5.74, 6) is 0.908. The number of hydrogen-bond acceptors (Lipinski definition) is 6. The number of nitrogens with zero attached hydrogens (tertiary/aromatic N) is 3. The molecular formula is C17H24N4O3. The Hall–Kier alpha value is -1.73. The van der Waals surface area contributed by atoms with E-state index in [2.05, 4.69) is 15.5 Å². The first kappa shape index (κ1) is 15.8. The first-order chi connectivity index (χ1) is 11.6. The van der Waals surface area contributed by atoms with Crippen LogP contribution in [0.2, 0.25) is 0 Å². The molecule has 7 heteroatoms. The lowest BCUT2D eigenvalue weighted by atomic mass is 9.97. The predicted molar refractivity (Wildman–Crippen MR) is 87.7 cm³/mol. The van der Waals surface area contributed by atoms with Gasteiger partial charge >= 0.3 is 0 Å². The number of carbonyl (C=O) groups is 1. The second-order valence-electron chi connectivity index (χ2n) is 7.11. The van der Waals surface area contributed by atoms with Gasteiger partial charge in [-0.2, -0.15) is 5.10 Å². The fraction of sp³-hybridized carbons (Fsp3) is 0.706. The maximum Gasteiger partial charge on any atom is 0.251 e. The molecule has 3 fully saturated rings. The molecule has 4 heterocycles. The molecule has 0 saturated carbocycles. The van der Waals surface area contributed by atoms with Crippen LogP contribution in [0.4, 0.5) is 5.82 Å². The minimum atomic E-state index is -0.238. The highest BCUT2D eigenvalue weighted by Gasteiger charge is 2.47. The van der Waals surface area contributed by atoms with Crippen molar-refractivity contribution in [1.29, 1.82) is 0 Å². The van der Waals surface area contributed by atoms with Crippen LogP contribution >= 0.6 is 0 Å². The number of ether oxygens (including phenoxy) is 2. The molecule has 1 spiro atoms. The molecule has 1 aromatic rings. The van der Waals surface area contributed by atoms with Gasteiger partial charge in [0.1, 0.15) is 11.9 Å². The molecule has 2 unspecified atom stereocenters. The molecule has 4 rings (SSSR count). The van der Waals surface area contributed by atoms with Crippen molar-refractivity contribution in [3.63, 3.8) is 0 Å². The first-order valence-corrected chi connectivity index (χ1v) is 8.75. The minimum Gasteiger partial charge on any atom is -0.371 e. The van der Waals surface area contributed by atoms with Crippen LogP contribution in [-0.4, -0.2) is 65.1 Å². The molecule has 0 bridgehead atoms. The predicted octanol–water partition coefficient (Wildman–Crippen LogP) is 1.14. The molecule has 130 valence electrons. The zero-order valence-electron chi connectivity index (χ0n) is 14.0. The molecule has 3 saturated heterocycles. The highest BCUT2D eigenvalue weighted by Crippen LogP contribution is 2.36. The zero-order valence-corrected chi connectivity index (χ0v) is 14.0. The molecule has 3 aliphatic rings. The normalized spacial score (nSPS) is 32.6. The van der Waals surface area contributed by atoms with Gasteiger partial charge in [-0.25, -0.2) is 0 Å². The quantitative estimate of drug-likeness (QED) is 0.894. The van der Waals surface area contributed by atoms with Crippen molar-refractivity contribution < 1.29 is 14.3 Å². The number of amides is 1. The van der Waals surface area contributed by atoms with Crippen LogP contribution in [0.5, 0.6) is 0 Å². The summed E-state index contributed by atoms with van der Waals surface area (Å²) < 4.78 is 11.6. The fourth-order valence-corrected chi connectivity index (χ4v) is 3.92. The third-order valence-corrected chi connectivity index (χ3v) is 5.19. The number of aromatic nitrogens is 2. The molecule has 1 amide bonds. The van der Waals surface area contributed by atoms with Crippen molar-refractivity contribution in [3.05, 3.63) is 17.8 Å². The minimum absolute atomic E-state index is 0.133. The van der Waals surface area contributed by atoms with Crippen LogP contribution in [-0.2, 0) is 14.3 Å². The number of rotatable bonds is 3. The van der Waals surface area contributed by atoms with E-state index in [0.717, 1.165) is 43.7 Å². The molecule has 1 N–H and O–H groups in total. The summed E-state index contributed by atoms with van der Waals surface area (Å²) in [6.07, 6.45) is 3.37. The lowest BCUT2D eigenvalue weighted by Crippen LogP contribution is -2.41. The molecule has 1 aromatic heterocycles. The number of carbonyl (C=O) groups excluding carboxylic acids is 1. The van der Waals surface area contributed by atoms with E-state index in [1.165, 1.54) is 0 Å². The summed E-state index contributed by atoms with van der Waals surface area (Å²) in [5, 5.41) is 11.6. The van der Waals surface area contributed by atoms with Crippen molar-refractivity contribution >= 4 is 11.7 Å². The monoisotopic (exact) mass is 332 g/mol. The lowest BCUT2D eigenvalue weighted by Gasteiger charge is -2.24. The molecule has 7 nitrogen and oxygen atoms in total. The van der Waals surface area contributed by atoms with Gasteiger partial charge in [-0.05, 0) is 38.3 Å². The molecule has 0 radical (unpaired) electrons. The number of anilines is 1. The molecule has 3 aliphatic heterocycles. The van der Waals surface area contributed by atoms with E-state index < -0.39 is 0 Å². The van der Waals surface area contributed by atoms with Gasteiger partial charge in [-0.3, -0.25) is 4.79 Å². The topological polar surface area (TPSA) is 76.6 Å². The molecule has 0 aromatic carbocycles. The second kappa shape index (κ2) is 6.29. The van der Waals surface area contributed by atoms with E-state index >= 15 is 0 Å². The summed E-state index contributed by atoms with van der Waals surface area (Å²) in [6, 6.07) is 4.09. The van der Waals surface area contributed by atoms with E-state index in [9.17, 15) is 4.79 Å². The van der Waals surface area contributed by atoms with Gasteiger partial charge in [0.05, 0.1) is 23.9 Å². The Morgan fingerprint density at radius 3 is 3.08 bits per heavy atom. The third kappa shape index (κ3) is 3.10. The van der Waals surface area contributed by atoms with Crippen molar-refractivity contribution in [3.8, 4) is 0 Å². The smallest absolute Gasteiger partial charge is 0.251 e. The van der Waals surface area contributed by atoms with Crippen molar-refractivity contribution in [1.82, 2.24) is 15.1 Å². The van der Waals surface area contributed by atoms with Gasteiger partial charge in [0.15, 0.2) is 0 Å². The zero-order chi connectivity index (χ0) is 16.6. The van der Waals surface area contributed by atoms with Gasteiger partial charge in [0, 0.05) is 26.1 Å². The van der Waals surface area contributed by atoms with E-state index in [4.69, 9.17) is 9.47 Å². The molecule has 0 aliphatic carbocycles. The Bertz CT molecular complexity index is 602. The van der Waals surface area contributed by atoms with E-state index in [1.54, 1.807) is 0 Å². The van der Waals surface area contributed by atoms with E-state index in [1.807, 2.05) is 24.0 Å². The van der Waals surface area contributed by atoms with Gasteiger partial charge in [0.2, 0.25) is 0 Å². The summed E-state index contributed by atoms with van der Waals surface area (Å²) in [7, 11) is 0. The Balaban J connectivity index is 1.34. The molecule has 24 heavy (non-hydrogen) atoms. The number of hydrogen-bond donors (Lipinski definition) is 1. The Morgan fingerprint density at radius 2 is 2.33 bits per heavy atom. The summed E-state index contributed by atoms with van der Waals surface area (Å²) in [5.41, 5.74) is 0.683. The van der Waals surface area contributed by atoms with Crippen LogP contribution in [0.15, 0.2) is 12.1 Å². The third-order valence-electron chi connectivity index (χ3n) is 5.19. The largest absolute Gasteiger partial charge is 0.371 e. The van der Waals surface area contributed by atoms with E-state index in [0.29, 0.717) is 19.8 Å². The number of aryl methyl sites for hydroxylation is 1. The highest BCUT2D eigenvalue weighted by atomic mass is 16.5. The average Bonchev–Trinajstić information content (AvgIpc) is 3.32. The van der Waals surface area contributed by atoms with Crippen LogP contribution < -0.4 is 5.32 Å². The highest BCUT2D eigenvalue weighted by molar-refractivity contribution is 5.81. The maximum absolute atomic E-state index is 12.5. The van der Waals surface area contributed by atoms with Crippen molar-refractivity contribution in [2.24, 2.45) is 0 Å². The van der Waals surface area contributed by atoms with Gasteiger partial charge in [-0.1, -0.05) is 0 Å². The second-order valence-corrected chi connectivity index (χ2v) is 7.11. The van der Waals surface area contributed by atoms with E-state index in [-0.39, 0.29) is 23.7 Å². The SMILES string of the molecule is Cc1ccc(NC2COC3(CCN(C(=O)[C@@H]4CCCO4)C3)C2)nn1. The standard InChI is InChI=1S/C17H24N4O3/c1-12-4-5-15(20-19-12)18-13-9-17(24-10-13)6-7-21(11-17)16(22)14-3-2-8-23-14/h4-5,13-14H,2-3,6-11H2,1H3,(H,18,20)/t13?,14-,17?/m0/s1. The Kier molecular flexibility index (Phi) is 4.14. The van der Waals surface area contributed by atoms with Crippen LogP contribution in [0.25, 0.3) is 0 Å². The van der Waals surface area contributed by atoms with Crippen LogP contribution in [0.1, 0.15) is 31.4 Å². The molecular weight excluding hydrogens is 308 g/mol. The fourth-order valence-electron chi connectivity index (χ4n) is 3.92. The number of likely N-dealkylation sites (tertiary alicyclic amines) is 1. The van der Waals surface area contributed by atoms with Crippen LogP contribution in [0.3, 0.4) is 0 Å². The van der Waals surface area contributed by atoms with Gasteiger partial charge < -0.3 is 19.7 Å². The lowest BCUT2D eigenvalue weighted by molar-refractivity contribution is -0.140. The van der Waals surface area contributed by atoms with Gasteiger partial charge in [0.25, 0.3) is 5.91 Å². The first-order valence-electron chi connectivity index (χ1n) is 8.75. The molecule has 3 atom stereocenters. The van der Waals surface area contributed by atoms with Gasteiger partial charge in [-0.15, -0.1) is 5.10 Å². The van der Waals surface area contributed by atoms with Crippen molar-refractivity contribution in [2.45, 2.75) is 50.4 Å². The summed E-state index contributed by atoms with van der Waals surface area (Å²) >= 11 is 0. The van der Waals surface area contributed by atoms with Crippen molar-refractivity contribution in [2.75, 3.05) is 31.6 Å². The summed E-state index contributed by atoms with van der Waals surface area (Å²) in [4.78, 5) is 14.4. The maximum atomic E-state index is 12.5. The Morgan fingerprint density at radius 1 is 1.42 bits per heavy atom. The number of nitrogens with one attached hydrogen (secondary N) is 1. The Labute approximate surface area is 141 Å². The summed E-state index contributed by atoms with van der Waals surface area (Å²) in [6.45, 7) is 4.69. The van der Waals surface area contributed by atoms with Crippen LogP contribution in [0, 0.1) is 6.92 Å². The average molecular weight is 332 g/mol.